The number of likely N-dealkylation sites (N-methyl/N-ethyl adjacent to an activating group) is 1. The molecule has 0 bridgehead atoms. The summed E-state index contributed by atoms with van der Waals surface area (Å²) in [4.78, 5) is 81.8. The Kier molecular flexibility index (Phi) is 10.8. The smallest absolute Gasteiger partial charge is 0.326 e. The number of benzene rings is 2. The molecule has 0 saturated heterocycles. The summed E-state index contributed by atoms with van der Waals surface area (Å²) in [7, 11) is 3.05. The first-order chi connectivity index (χ1) is 20.7. The molecule has 3 rings (SSSR count). The highest BCUT2D eigenvalue weighted by atomic mass is 16.4. The van der Waals surface area contributed by atoms with Crippen molar-refractivity contribution in [2.24, 2.45) is 0 Å². The fourth-order valence-corrected chi connectivity index (χ4v) is 4.70. The average Bonchev–Trinajstić information content (AvgIpc) is 2.95. The molecule has 0 aliphatic carbocycles. The van der Waals surface area contributed by atoms with E-state index in [0.717, 1.165) is 21.7 Å². The molecule has 2 aromatic carbocycles. The molecule has 0 radical (unpaired) electrons. The summed E-state index contributed by atoms with van der Waals surface area (Å²) < 4.78 is 0. The number of hydrogen-bond acceptors (Lipinski definition) is 8. The maximum Gasteiger partial charge on any atom is 0.326 e. The van der Waals surface area contributed by atoms with Gasteiger partial charge in [0.2, 0.25) is 5.91 Å². The zero-order chi connectivity index (χ0) is 32.7. The van der Waals surface area contributed by atoms with Gasteiger partial charge in [-0.3, -0.25) is 19.2 Å². The molecule has 14 nitrogen and oxygen atoms in total. The van der Waals surface area contributed by atoms with E-state index in [1.807, 2.05) is 24.9 Å². The second-order valence-corrected chi connectivity index (χ2v) is 10.5. The first-order valence-electron chi connectivity index (χ1n) is 13.7. The van der Waals surface area contributed by atoms with Crippen LogP contribution in [-0.2, 0) is 25.7 Å². The van der Waals surface area contributed by atoms with Gasteiger partial charge in [-0.2, -0.15) is 0 Å². The third-order valence-electron chi connectivity index (χ3n) is 7.29. The fourth-order valence-electron chi connectivity index (χ4n) is 4.70. The van der Waals surface area contributed by atoms with E-state index in [4.69, 9.17) is 5.11 Å². The number of hydrogen-bond donors (Lipinski definition) is 5. The van der Waals surface area contributed by atoms with Crippen LogP contribution in [0.1, 0.15) is 53.0 Å². The molecule has 0 fully saturated rings. The number of fused-ring (bicyclic) bond motifs is 1. The van der Waals surface area contributed by atoms with Gasteiger partial charge in [-0.25, -0.2) is 14.6 Å². The van der Waals surface area contributed by atoms with Crippen LogP contribution in [0.4, 0.5) is 5.69 Å². The predicted octanol–water partition coefficient (Wildman–Crippen LogP) is 1.92. The number of H-pyrrole nitrogens is 1. The lowest BCUT2D eigenvalue weighted by Gasteiger charge is -2.25. The molecule has 14 heteroatoms. The third kappa shape index (κ3) is 8.40. The number of aromatic amines is 1. The van der Waals surface area contributed by atoms with Crippen molar-refractivity contribution in [2.45, 2.75) is 58.2 Å². The monoisotopic (exact) mass is 609 g/mol. The molecule has 0 unspecified atom stereocenters. The number of rotatable bonds is 14. The molecule has 5 N–H and O–H groups in total. The maximum atomic E-state index is 12.8. The van der Waals surface area contributed by atoms with Crippen molar-refractivity contribution in [3.63, 3.8) is 0 Å². The largest absolute Gasteiger partial charge is 0.481 e. The van der Waals surface area contributed by atoms with Crippen molar-refractivity contribution in [1.29, 1.82) is 0 Å². The Bertz CT molecular complexity index is 1630. The Labute approximate surface area is 252 Å². The number of carbonyl (C=O) groups excluding carboxylic acids is 2. The quantitative estimate of drug-likeness (QED) is 0.178. The van der Waals surface area contributed by atoms with Gasteiger partial charge in [-0.05, 0) is 74.2 Å². The van der Waals surface area contributed by atoms with Gasteiger partial charge in [0.15, 0.2) is 0 Å². The van der Waals surface area contributed by atoms with Gasteiger partial charge in [0, 0.05) is 44.7 Å². The molecule has 234 valence electrons. The molecule has 0 saturated carbocycles. The van der Waals surface area contributed by atoms with Crippen LogP contribution in [-0.4, -0.2) is 86.1 Å². The molecule has 2 amide bonds. The first-order valence-corrected chi connectivity index (χ1v) is 13.7. The van der Waals surface area contributed by atoms with Crippen LogP contribution >= 0.6 is 0 Å². The highest BCUT2D eigenvalue weighted by Gasteiger charge is 2.29. The van der Waals surface area contributed by atoms with E-state index in [2.05, 4.69) is 15.3 Å². The highest BCUT2D eigenvalue weighted by Crippen LogP contribution is 2.21. The summed E-state index contributed by atoms with van der Waals surface area (Å²) in [6, 6.07) is 7.31. The second-order valence-electron chi connectivity index (χ2n) is 10.5. The van der Waals surface area contributed by atoms with Crippen LogP contribution in [0.25, 0.3) is 10.9 Å². The lowest BCUT2D eigenvalue weighted by molar-refractivity contribution is -0.150. The average molecular weight is 610 g/mol. The molecule has 0 aliphatic heterocycles. The summed E-state index contributed by atoms with van der Waals surface area (Å²) >= 11 is 0. The SMILES string of the molecule is Cc1nc2cc(C)c(CN(C)c3ccc(C(=O)N[C@@H](CCC(=O)N(C)[C@@H](CCC(=O)O)C(=O)O)C(=O)O)cc3)cc2c(=O)[nH]1. The van der Waals surface area contributed by atoms with Gasteiger partial charge in [0.05, 0.1) is 10.9 Å². The first kappa shape index (κ1) is 33.2. The van der Waals surface area contributed by atoms with Crippen LogP contribution in [0.15, 0.2) is 41.2 Å². The van der Waals surface area contributed by atoms with E-state index < -0.39 is 48.2 Å². The van der Waals surface area contributed by atoms with Gasteiger partial charge >= 0.3 is 17.9 Å². The summed E-state index contributed by atoms with van der Waals surface area (Å²) in [5.41, 5.74) is 3.22. The molecule has 0 spiro atoms. The number of carboxylic acids is 3. The molecule has 3 aromatic rings. The van der Waals surface area contributed by atoms with E-state index in [9.17, 15) is 39.0 Å². The summed E-state index contributed by atoms with van der Waals surface area (Å²) in [6.07, 6.45) is -1.46. The van der Waals surface area contributed by atoms with Crippen LogP contribution < -0.4 is 15.8 Å². The van der Waals surface area contributed by atoms with E-state index in [0.29, 0.717) is 23.3 Å². The number of amides is 2. The summed E-state index contributed by atoms with van der Waals surface area (Å²) in [5, 5.41) is 30.7. The van der Waals surface area contributed by atoms with E-state index in [1.165, 1.54) is 19.2 Å². The van der Waals surface area contributed by atoms with E-state index in [1.54, 1.807) is 25.1 Å². The standard InChI is InChI=1S/C30H35N5O9/c1-16-13-23-21(28(40)32-17(2)31-23)14-19(16)15-34(3)20-7-5-18(6-8-20)27(39)33-22(29(41)42)9-11-25(36)35(4)24(30(43)44)10-12-26(37)38/h5-8,13-14,22,24H,9-12,15H2,1-4H3,(H,33,39)(H,37,38)(H,41,42)(H,43,44)(H,31,32,40)/t22-,24-/m0/s1. The normalized spacial score (nSPS) is 12.3. The Morgan fingerprint density at radius 2 is 1.59 bits per heavy atom. The minimum Gasteiger partial charge on any atom is -0.481 e. The molecular weight excluding hydrogens is 574 g/mol. The van der Waals surface area contributed by atoms with Crippen molar-refractivity contribution in [3.8, 4) is 0 Å². The van der Waals surface area contributed by atoms with E-state index in [-0.39, 0.29) is 30.4 Å². The third-order valence-corrected chi connectivity index (χ3v) is 7.29. The molecule has 0 aliphatic rings. The number of aliphatic carboxylic acids is 3. The van der Waals surface area contributed by atoms with Crippen molar-refractivity contribution in [1.82, 2.24) is 20.2 Å². The molecule has 1 aromatic heterocycles. The number of aryl methyl sites for hydroxylation is 2. The highest BCUT2D eigenvalue weighted by molar-refractivity contribution is 5.97. The molecule has 44 heavy (non-hydrogen) atoms. The Balaban J connectivity index is 1.63. The number of nitrogens with zero attached hydrogens (tertiary/aromatic N) is 3. The Morgan fingerprint density at radius 3 is 2.18 bits per heavy atom. The van der Waals surface area contributed by atoms with Crippen LogP contribution in [0.3, 0.4) is 0 Å². The number of nitrogens with one attached hydrogen (secondary N) is 2. The number of aromatic nitrogens is 2. The second kappa shape index (κ2) is 14.3. The topological polar surface area (TPSA) is 210 Å². The van der Waals surface area contributed by atoms with Gasteiger partial charge in [0.25, 0.3) is 11.5 Å². The van der Waals surface area contributed by atoms with Crippen LogP contribution in [0.2, 0.25) is 0 Å². The lowest BCUT2D eigenvalue weighted by atomic mass is 10.0. The minimum atomic E-state index is -1.43. The molecule has 2 atom stereocenters. The maximum absolute atomic E-state index is 12.8. The number of anilines is 1. The predicted molar refractivity (Wildman–Crippen MR) is 160 cm³/mol. The minimum absolute atomic E-state index is 0.186. The van der Waals surface area contributed by atoms with Crippen molar-refractivity contribution in [3.05, 3.63) is 69.3 Å². The van der Waals surface area contributed by atoms with Gasteiger partial charge in [-0.15, -0.1) is 0 Å². The van der Waals surface area contributed by atoms with Crippen molar-refractivity contribution >= 4 is 46.3 Å². The van der Waals surface area contributed by atoms with E-state index >= 15 is 0 Å². The Morgan fingerprint density at radius 1 is 0.932 bits per heavy atom. The zero-order valence-electron chi connectivity index (χ0n) is 24.8. The lowest BCUT2D eigenvalue weighted by Crippen LogP contribution is -2.45. The zero-order valence-corrected chi connectivity index (χ0v) is 24.8. The molecular formula is C30H35N5O9. The summed E-state index contributed by atoms with van der Waals surface area (Å²) in [6.45, 7) is 4.11. The molecule has 1 heterocycles. The number of carbonyl (C=O) groups is 5. The van der Waals surface area contributed by atoms with Gasteiger partial charge in [-0.1, -0.05) is 0 Å². The van der Waals surface area contributed by atoms with Crippen molar-refractivity contribution in [2.75, 3.05) is 19.0 Å². The van der Waals surface area contributed by atoms with Crippen LogP contribution in [0.5, 0.6) is 0 Å². The van der Waals surface area contributed by atoms with Gasteiger partial charge in [0.1, 0.15) is 17.9 Å². The summed E-state index contributed by atoms with van der Waals surface area (Å²) in [5.74, 6) is -4.81. The van der Waals surface area contributed by atoms with Gasteiger partial charge < -0.3 is 35.4 Å². The number of carboxylic acid groups (broad SMARTS) is 3. The Hall–Kier alpha value is -5.27. The fraction of sp³-hybridized carbons (Fsp3) is 0.367. The van der Waals surface area contributed by atoms with Crippen LogP contribution in [0, 0.1) is 13.8 Å². The van der Waals surface area contributed by atoms with Crippen molar-refractivity contribution < 1.29 is 39.3 Å².